The highest BCUT2D eigenvalue weighted by Gasteiger charge is 2.37. The Morgan fingerprint density at radius 1 is 1.37 bits per heavy atom. The summed E-state index contributed by atoms with van der Waals surface area (Å²) in [6.45, 7) is 2.28. The van der Waals surface area contributed by atoms with E-state index in [-0.39, 0.29) is 24.1 Å². The van der Waals surface area contributed by atoms with E-state index in [0.29, 0.717) is 6.54 Å². The van der Waals surface area contributed by atoms with Crippen molar-refractivity contribution in [3.63, 3.8) is 0 Å². The Hall–Kier alpha value is -1.65. The van der Waals surface area contributed by atoms with Gasteiger partial charge in [0.2, 0.25) is 17.7 Å². The predicted octanol–water partition coefficient (Wildman–Crippen LogP) is 1.14. The number of hydrogen-bond acceptors (Lipinski definition) is 3. The van der Waals surface area contributed by atoms with Gasteiger partial charge in [-0.05, 0) is 32.6 Å². The molecule has 0 unspecified atom stereocenters. The van der Waals surface area contributed by atoms with E-state index in [2.05, 4.69) is 5.32 Å². The number of hydrogen-bond donors (Lipinski definition) is 1. The molecule has 2 aliphatic rings. The third-order valence-electron chi connectivity index (χ3n) is 3.74. The van der Waals surface area contributed by atoms with Gasteiger partial charge in [-0.2, -0.15) is 0 Å². The molecule has 5 heteroatoms. The van der Waals surface area contributed by atoms with Crippen molar-refractivity contribution in [1.82, 2.24) is 10.2 Å². The van der Waals surface area contributed by atoms with Gasteiger partial charge < -0.3 is 4.90 Å². The molecule has 1 aliphatic heterocycles. The highest BCUT2D eigenvalue weighted by atomic mass is 16.2. The van der Waals surface area contributed by atoms with Crippen molar-refractivity contribution in [1.29, 1.82) is 0 Å². The van der Waals surface area contributed by atoms with Crippen LogP contribution in [0.3, 0.4) is 0 Å². The van der Waals surface area contributed by atoms with Gasteiger partial charge in [-0.15, -0.1) is 0 Å². The molecule has 1 heterocycles. The van der Waals surface area contributed by atoms with Gasteiger partial charge in [-0.1, -0.05) is 12.5 Å². The minimum Gasteiger partial charge on any atom is -0.327 e. The third-order valence-corrected chi connectivity index (χ3v) is 3.74. The molecule has 1 N–H and O–H groups in total. The molecule has 0 aromatic heterocycles. The maximum atomic E-state index is 12.5. The number of allylic oxidation sites excluding steroid dienone is 1. The molecule has 1 atom stereocenters. The van der Waals surface area contributed by atoms with Crippen LogP contribution in [0.5, 0.6) is 0 Å². The van der Waals surface area contributed by atoms with Crippen molar-refractivity contribution < 1.29 is 14.4 Å². The monoisotopic (exact) mass is 264 g/mol. The Kier molecular flexibility index (Phi) is 4.35. The van der Waals surface area contributed by atoms with E-state index in [1.807, 2.05) is 13.0 Å². The average Bonchev–Trinajstić information content (AvgIpc) is 2.61. The summed E-state index contributed by atoms with van der Waals surface area (Å²) in [6.07, 6.45) is 7.06. The van der Waals surface area contributed by atoms with Crippen molar-refractivity contribution in [3.05, 3.63) is 11.6 Å². The van der Waals surface area contributed by atoms with Gasteiger partial charge in [0.05, 0.1) is 6.42 Å². The largest absolute Gasteiger partial charge is 0.327 e. The molecule has 0 aromatic rings. The van der Waals surface area contributed by atoms with Gasteiger partial charge in [0.15, 0.2) is 0 Å². The molecule has 5 nitrogen and oxygen atoms in total. The Morgan fingerprint density at radius 2 is 2.16 bits per heavy atom. The zero-order valence-corrected chi connectivity index (χ0v) is 11.3. The summed E-state index contributed by atoms with van der Waals surface area (Å²) in [6, 6.07) is -0.630. The van der Waals surface area contributed by atoms with Crippen LogP contribution in [0.4, 0.5) is 0 Å². The highest BCUT2D eigenvalue weighted by molar-refractivity contribution is 6.08. The van der Waals surface area contributed by atoms with Crippen LogP contribution >= 0.6 is 0 Å². The number of rotatable bonds is 3. The Bertz CT molecular complexity index is 428. The minimum atomic E-state index is -0.630. The van der Waals surface area contributed by atoms with Crippen LogP contribution in [-0.2, 0) is 14.4 Å². The molecule has 3 amide bonds. The summed E-state index contributed by atoms with van der Waals surface area (Å²) in [4.78, 5) is 37.0. The standard InChI is InChI=1S/C14H20N2O3/c1-2-16(11-9-12(17)15-13(11)18)14(19)10-7-5-3-4-6-8-10/h7,11H,2-6,8-9H2,1H3,(H,15,17,18)/t11-/m0/s1. The Labute approximate surface area is 113 Å². The highest BCUT2D eigenvalue weighted by Crippen LogP contribution is 2.21. The van der Waals surface area contributed by atoms with Crippen LogP contribution in [0, 0.1) is 0 Å². The molecule has 0 spiro atoms. The van der Waals surface area contributed by atoms with E-state index in [1.165, 1.54) is 4.90 Å². The summed E-state index contributed by atoms with van der Waals surface area (Å²) in [7, 11) is 0. The van der Waals surface area contributed by atoms with Crippen molar-refractivity contribution in [2.45, 2.75) is 51.5 Å². The van der Waals surface area contributed by atoms with Crippen molar-refractivity contribution in [3.8, 4) is 0 Å². The summed E-state index contributed by atoms with van der Waals surface area (Å²) < 4.78 is 0. The predicted molar refractivity (Wildman–Crippen MR) is 70.1 cm³/mol. The first-order chi connectivity index (χ1) is 9.13. The average molecular weight is 264 g/mol. The van der Waals surface area contributed by atoms with Gasteiger partial charge in [-0.3, -0.25) is 19.7 Å². The van der Waals surface area contributed by atoms with Crippen LogP contribution in [-0.4, -0.2) is 35.2 Å². The lowest BCUT2D eigenvalue weighted by Crippen LogP contribution is -2.45. The smallest absolute Gasteiger partial charge is 0.250 e. The van der Waals surface area contributed by atoms with E-state index in [9.17, 15) is 14.4 Å². The van der Waals surface area contributed by atoms with Crippen LogP contribution in [0.15, 0.2) is 11.6 Å². The molecule has 19 heavy (non-hydrogen) atoms. The number of likely N-dealkylation sites (N-methyl/N-ethyl adjacent to an activating group) is 1. The molecule has 0 aromatic carbocycles. The van der Waals surface area contributed by atoms with Crippen LogP contribution < -0.4 is 5.32 Å². The first-order valence-corrected chi connectivity index (χ1v) is 6.97. The topological polar surface area (TPSA) is 66.5 Å². The third kappa shape index (κ3) is 3.03. The minimum absolute atomic E-state index is 0.0840. The van der Waals surface area contributed by atoms with Crippen molar-refractivity contribution in [2.75, 3.05) is 6.54 Å². The second kappa shape index (κ2) is 5.99. The van der Waals surface area contributed by atoms with Crippen molar-refractivity contribution in [2.24, 2.45) is 0 Å². The first kappa shape index (κ1) is 13.8. The van der Waals surface area contributed by atoms with E-state index in [0.717, 1.165) is 37.7 Å². The second-order valence-electron chi connectivity index (χ2n) is 5.05. The van der Waals surface area contributed by atoms with E-state index in [4.69, 9.17) is 0 Å². The molecule has 0 bridgehead atoms. The summed E-state index contributed by atoms with van der Waals surface area (Å²) in [5, 5.41) is 2.26. The Balaban J connectivity index is 2.12. The molecular weight excluding hydrogens is 244 g/mol. The number of carbonyl (C=O) groups is 3. The van der Waals surface area contributed by atoms with Gasteiger partial charge >= 0.3 is 0 Å². The Morgan fingerprint density at radius 3 is 2.79 bits per heavy atom. The number of imide groups is 1. The maximum Gasteiger partial charge on any atom is 0.250 e. The lowest BCUT2D eigenvalue weighted by atomic mass is 10.1. The lowest BCUT2D eigenvalue weighted by Gasteiger charge is -2.26. The first-order valence-electron chi connectivity index (χ1n) is 6.97. The fourth-order valence-electron chi connectivity index (χ4n) is 2.69. The molecule has 1 aliphatic carbocycles. The summed E-state index contributed by atoms with van der Waals surface area (Å²) in [5.74, 6) is -0.732. The summed E-state index contributed by atoms with van der Waals surface area (Å²) in [5.41, 5.74) is 0.798. The van der Waals surface area contributed by atoms with Gasteiger partial charge in [0, 0.05) is 12.1 Å². The zero-order valence-electron chi connectivity index (χ0n) is 11.3. The lowest BCUT2D eigenvalue weighted by molar-refractivity contribution is -0.135. The van der Waals surface area contributed by atoms with E-state index >= 15 is 0 Å². The van der Waals surface area contributed by atoms with E-state index < -0.39 is 6.04 Å². The van der Waals surface area contributed by atoms with Crippen LogP contribution in [0.1, 0.15) is 45.4 Å². The molecule has 1 saturated heterocycles. The summed E-state index contributed by atoms with van der Waals surface area (Å²) >= 11 is 0. The molecule has 0 saturated carbocycles. The fraction of sp³-hybridized carbons (Fsp3) is 0.643. The second-order valence-corrected chi connectivity index (χ2v) is 5.05. The zero-order chi connectivity index (χ0) is 13.8. The SMILES string of the molecule is CCN(C(=O)C1=CCCCCC1)[C@H]1CC(=O)NC1=O. The van der Waals surface area contributed by atoms with Crippen molar-refractivity contribution >= 4 is 17.7 Å². The van der Waals surface area contributed by atoms with E-state index in [1.54, 1.807) is 0 Å². The quantitative estimate of drug-likeness (QED) is 0.777. The molecule has 0 radical (unpaired) electrons. The fourth-order valence-corrected chi connectivity index (χ4v) is 2.69. The van der Waals surface area contributed by atoms with Gasteiger partial charge in [0.1, 0.15) is 6.04 Å². The maximum absolute atomic E-state index is 12.5. The molecule has 104 valence electrons. The van der Waals surface area contributed by atoms with Crippen LogP contribution in [0.2, 0.25) is 0 Å². The molecule has 2 rings (SSSR count). The van der Waals surface area contributed by atoms with Crippen LogP contribution in [0.25, 0.3) is 0 Å². The number of nitrogens with one attached hydrogen (secondary N) is 1. The molecule has 1 fully saturated rings. The number of amides is 3. The number of carbonyl (C=O) groups excluding carboxylic acids is 3. The van der Waals surface area contributed by atoms with Gasteiger partial charge in [0.25, 0.3) is 0 Å². The van der Waals surface area contributed by atoms with Gasteiger partial charge in [-0.25, -0.2) is 0 Å². The normalized spacial score (nSPS) is 23.6. The number of nitrogens with zero attached hydrogens (tertiary/aromatic N) is 1. The molecular formula is C14H20N2O3.